The molecule has 0 aliphatic heterocycles. The van der Waals surface area contributed by atoms with Gasteiger partial charge in [0.1, 0.15) is 0 Å². The molecule has 0 aliphatic carbocycles. The molecule has 0 unspecified atom stereocenters. The summed E-state index contributed by atoms with van der Waals surface area (Å²) in [5.74, 6) is 0. The van der Waals surface area contributed by atoms with E-state index in [4.69, 9.17) is 5.73 Å². The van der Waals surface area contributed by atoms with Crippen molar-refractivity contribution in [3.8, 4) is 0 Å². The van der Waals surface area contributed by atoms with Gasteiger partial charge in [-0.3, -0.25) is 4.98 Å². The number of nitrogens with two attached hydrogens (primary N) is 1. The van der Waals surface area contributed by atoms with Crippen LogP contribution in [0.4, 0.5) is 0 Å². The van der Waals surface area contributed by atoms with Crippen molar-refractivity contribution in [1.29, 1.82) is 0 Å². The largest absolute Gasteiger partial charge is 0.405 e. The molecule has 16 heavy (non-hydrogen) atoms. The molecule has 0 saturated carbocycles. The molecule has 1 heterocycles. The Hall–Kier alpha value is -2.09. The molecule has 0 spiro atoms. The molecular weight excluding hydrogens is 196 g/mol. The molecule has 0 amide bonds. The van der Waals surface area contributed by atoms with E-state index in [0.29, 0.717) is 0 Å². The molecule has 0 aliphatic rings. The summed E-state index contributed by atoms with van der Waals surface area (Å²) in [7, 11) is 0. The van der Waals surface area contributed by atoms with Crippen LogP contribution in [0.3, 0.4) is 0 Å². The fourth-order valence-corrected chi connectivity index (χ4v) is 1.87. The minimum absolute atomic E-state index is 0.996. The predicted molar refractivity (Wildman–Crippen MR) is 69.0 cm³/mol. The molecule has 2 heteroatoms. The van der Waals surface area contributed by atoms with E-state index in [1.807, 2.05) is 31.2 Å². The maximum Gasteiger partial charge on any atom is 0.0737 e. The molecule has 1 aromatic carbocycles. The van der Waals surface area contributed by atoms with Crippen LogP contribution in [-0.4, -0.2) is 4.98 Å². The molecule has 2 aromatic rings. The highest BCUT2D eigenvalue weighted by atomic mass is 14.6. The van der Waals surface area contributed by atoms with Gasteiger partial charge in [0.05, 0.1) is 5.52 Å². The SMILES string of the molecule is C=c1cc(C)c2ncccc2/c1=C/C=C\N. The molecule has 0 saturated heterocycles. The Bertz CT molecular complexity index is 654. The van der Waals surface area contributed by atoms with Gasteiger partial charge < -0.3 is 5.73 Å². The first kappa shape index (κ1) is 10.4. The summed E-state index contributed by atoms with van der Waals surface area (Å²) in [6.45, 7) is 6.10. The number of nitrogens with zero attached hydrogens (tertiary/aromatic N) is 1. The van der Waals surface area contributed by atoms with Gasteiger partial charge in [-0.05, 0) is 47.3 Å². The molecule has 0 atom stereocenters. The smallest absolute Gasteiger partial charge is 0.0737 e. The normalized spacial score (nSPS) is 12.7. The van der Waals surface area contributed by atoms with Crippen LogP contribution < -0.4 is 16.2 Å². The van der Waals surface area contributed by atoms with Crippen molar-refractivity contribution in [2.45, 2.75) is 6.92 Å². The van der Waals surface area contributed by atoms with Crippen LogP contribution in [0.15, 0.2) is 36.7 Å². The average Bonchev–Trinajstić information content (AvgIpc) is 2.29. The molecule has 2 N–H and O–H groups in total. The van der Waals surface area contributed by atoms with Crippen LogP contribution in [0.25, 0.3) is 23.6 Å². The van der Waals surface area contributed by atoms with Gasteiger partial charge in [-0.2, -0.15) is 0 Å². The number of aryl methyl sites for hydroxylation is 1. The van der Waals surface area contributed by atoms with Crippen molar-refractivity contribution < 1.29 is 0 Å². The maximum atomic E-state index is 5.35. The van der Waals surface area contributed by atoms with Crippen LogP contribution in [-0.2, 0) is 0 Å². The highest BCUT2D eigenvalue weighted by molar-refractivity contribution is 5.83. The number of fused-ring (bicyclic) bond motifs is 1. The fourth-order valence-electron chi connectivity index (χ4n) is 1.87. The van der Waals surface area contributed by atoms with Crippen molar-refractivity contribution in [2.75, 3.05) is 0 Å². The summed E-state index contributed by atoms with van der Waals surface area (Å²) in [4.78, 5) is 4.39. The van der Waals surface area contributed by atoms with Gasteiger partial charge in [0.2, 0.25) is 0 Å². The molecule has 0 fully saturated rings. The van der Waals surface area contributed by atoms with E-state index in [2.05, 4.69) is 17.6 Å². The Morgan fingerprint density at radius 1 is 1.44 bits per heavy atom. The number of aromatic nitrogens is 1. The molecule has 0 radical (unpaired) electrons. The molecule has 2 nitrogen and oxygen atoms in total. The monoisotopic (exact) mass is 210 g/mol. The highest BCUT2D eigenvalue weighted by Crippen LogP contribution is 2.08. The summed E-state index contributed by atoms with van der Waals surface area (Å²) in [6.07, 6.45) is 7.10. The molecule has 1 aromatic heterocycles. The first-order valence-electron chi connectivity index (χ1n) is 5.16. The van der Waals surface area contributed by atoms with E-state index in [0.717, 1.165) is 26.9 Å². The standard InChI is InChI=1S/C14H14N2/c1-10-9-11(2)14-13(6-4-8-16-14)12(10)5-3-7-15/h3-9H,1,15H2,2H3/b7-3-,12-5+. The number of allylic oxidation sites excluding steroid dienone is 1. The average molecular weight is 210 g/mol. The van der Waals surface area contributed by atoms with Gasteiger partial charge in [0, 0.05) is 11.6 Å². The lowest BCUT2D eigenvalue weighted by atomic mass is 10.1. The Balaban J connectivity index is 2.98. The summed E-state index contributed by atoms with van der Waals surface area (Å²) < 4.78 is 0. The number of rotatable bonds is 1. The van der Waals surface area contributed by atoms with Gasteiger partial charge in [-0.25, -0.2) is 0 Å². The van der Waals surface area contributed by atoms with Crippen molar-refractivity contribution >= 4 is 23.6 Å². The second-order valence-electron chi connectivity index (χ2n) is 3.72. The lowest BCUT2D eigenvalue weighted by molar-refractivity contribution is 1.35. The van der Waals surface area contributed by atoms with E-state index in [9.17, 15) is 0 Å². The van der Waals surface area contributed by atoms with E-state index in [1.54, 1.807) is 6.20 Å². The number of pyridine rings is 1. The van der Waals surface area contributed by atoms with E-state index in [1.165, 1.54) is 6.20 Å². The van der Waals surface area contributed by atoms with Crippen LogP contribution in [0.1, 0.15) is 5.56 Å². The molecule has 2 rings (SSSR count). The maximum absolute atomic E-state index is 5.35. The van der Waals surface area contributed by atoms with Crippen molar-refractivity contribution in [3.05, 3.63) is 52.7 Å². The van der Waals surface area contributed by atoms with Crippen LogP contribution >= 0.6 is 0 Å². The zero-order valence-corrected chi connectivity index (χ0v) is 9.27. The minimum atomic E-state index is 0.996. The summed E-state index contributed by atoms with van der Waals surface area (Å²) >= 11 is 0. The molecule has 80 valence electrons. The van der Waals surface area contributed by atoms with E-state index >= 15 is 0 Å². The third-order valence-corrected chi connectivity index (χ3v) is 2.58. The highest BCUT2D eigenvalue weighted by Gasteiger charge is 1.99. The Kier molecular flexibility index (Phi) is 2.73. The minimum Gasteiger partial charge on any atom is -0.405 e. The fraction of sp³-hybridized carbons (Fsp3) is 0.0714. The predicted octanol–water partition coefficient (Wildman–Crippen LogP) is 1.21. The third kappa shape index (κ3) is 1.70. The van der Waals surface area contributed by atoms with Crippen LogP contribution in [0.5, 0.6) is 0 Å². The lowest BCUT2D eigenvalue weighted by Crippen LogP contribution is -2.24. The Morgan fingerprint density at radius 3 is 3.00 bits per heavy atom. The Labute approximate surface area is 94.4 Å². The van der Waals surface area contributed by atoms with Crippen LogP contribution in [0.2, 0.25) is 0 Å². The first-order chi connectivity index (χ1) is 7.74. The van der Waals surface area contributed by atoms with Crippen molar-refractivity contribution in [2.24, 2.45) is 5.73 Å². The second-order valence-corrected chi connectivity index (χ2v) is 3.72. The zero-order chi connectivity index (χ0) is 11.5. The topological polar surface area (TPSA) is 38.9 Å². The first-order valence-corrected chi connectivity index (χ1v) is 5.16. The van der Waals surface area contributed by atoms with Gasteiger partial charge in [-0.15, -0.1) is 0 Å². The van der Waals surface area contributed by atoms with E-state index < -0.39 is 0 Å². The third-order valence-electron chi connectivity index (χ3n) is 2.58. The lowest BCUT2D eigenvalue weighted by Gasteiger charge is -2.02. The van der Waals surface area contributed by atoms with Crippen molar-refractivity contribution in [1.82, 2.24) is 4.98 Å². The quantitative estimate of drug-likeness (QED) is 0.768. The summed E-state index contributed by atoms with van der Waals surface area (Å²) in [5, 5.41) is 3.19. The number of hydrogen-bond donors (Lipinski definition) is 1. The zero-order valence-electron chi connectivity index (χ0n) is 9.27. The van der Waals surface area contributed by atoms with E-state index in [-0.39, 0.29) is 0 Å². The van der Waals surface area contributed by atoms with Crippen molar-refractivity contribution in [3.63, 3.8) is 0 Å². The number of hydrogen-bond acceptors (Lipinski definition) is 2. The number of benzene rings is 1. The van der Waals surface area contributed by atoms with Gasteiger partial charge >= 0.3 is 0 Å². The molecule has 0 bridgehead atoms. The second kappa shape index (κ2) is 4.19. The Morgan fingerprint density at radius 2 is 2.25 bits per heavy atom. The summed E-state index contributed by atoms with van der Waals surface area (Å²) in [6, 6.07) is 6.04. The van der Waals surface area contributed by atoms with Gasteiger partial charge in [0.25, 0.3) is 0 Å². The molecular formula is C14H14N2. The van der Waals surface area contributed by atoms with Gasteiger partial charge in [-0.1, -0.05) is 18.7 Å². The summed E-state index contributed by atoms with van der Waals surface area (Å²) in [5.41, 5.74) is 7.52. The van der Waals surface area contributed by atoms with Crippen LogP contribution in [0, 0.1) is 6.92 Å². The van der Waals surface area contributed by atoms with Gasteiger partial charge in [0.15, 0.2) is 0 Å².